The number of carbonyl (C=O) groups excluding carboxylic acids is 2. The van der Waals surface area contributed by atoms with Gasteiger partial charge >= 0.3 is 5.76 Å². The average Bonchev–Trinajstić information content (AvgIpc) is 4.15. The van der Waals surface area contributed by atoms with Gasteiger partial charge in [0.15, 0.2) is 17.4 Å². The highest BCUT2D eigenvalue weighted by atomic mass is 32.1. The average molecular weight is 1010 g/mol. The fraction of sp³-hybridized carbons (Fsp3) is 0.581. The van der Waals surface area contributed by atoms with Gasteiger partial charge in [-0.2, -0.15) is 14.7 Å². The number of hydroxylamine groups is 1. The highest BCUT2D eigenvalue weighted by Gasteiger charge is 2.09. The van der Waals surface area contributed by atoms with E-state index in [9.17, 15) is 33.6 Å². The van der Waals surface area contributed by atoms with Crippen molar-refractivity contribution in [2.45, 2.75) is 146 Å². The summed E-state index contributed by atoms with van der Waals surface area (Å²) < 4.78 is 22.8. The number of nitrogens with one attached hydrogen (secondary N) is 7. The summed E-state index contributed by atoms with van der Waals surface area (Å²) in [5.74, 6) is 2.65. The monoisotopic (exact) mass is 1010 g/mol. The van der Waals surface area contributed by atoms with Gasteiger partial charge in [0.1, 0.15) is 17.7 Å². The number of nitrogens with zero attached hydrogens (tertiary/aromatic N) is 5. The maximum absolute atomic E-state index is 11.1. The van der Waals surface area contributed by atoms with Crippen LogP contribution in [-0.2, 0) is 9.59 Å². The standard InChI is InChI=1S/C8H10O3.C6H9NO2.C6H9NOS.C5H8N2O2.C5H8N2OS.C5H11NO.C4H8N4.C4H9NO2/c1-5(2)6-3-11-4-7(9)8(6)10;2*1-4(2)5-3-6(8)7-9-5;1-3(2)4-6-5(8)9-7-4;1-3(2)4-5(8)7-9-6-4;1-4(2)5(7)6-3;1-3(2)4-5-7-8-6-4;1-3(2)4(6)5-7/h3-5,9H,1-2H3;2*3-4H,1-2H3,(H,7,8);3H,1-2H3,(H,6,7,8);3H,1-2H3,(H,7,8);4H,1-3H3,(H,6,7);3H,1-2H3,(H,5,6,7,8);3,7H,1-2H3,(H,5,6). The van der Waals surface area contributed by atoms with E-state index in [1.807, 2.05) is 83.1 Å². The van der Waals surface area contributed by atoms with E-state index in [4.69, 9.17) is 19.3 Å². The van der Waals surface area contributed by atoms with Gasteiger partial charge in [-0.15, -0.1) is 10.2 Å². The minimum atomic E-state index is -0.487. The van der Waals surface area contributed by atoms with Gasteiger partial charge in [-0.1, -0.05) is 133 Å². The number of aromatic hydroxyl groups is 1. The maximum Gasteiger partial charge on any atom is 0.438 e. The molecule has 388 valence electrons. The zero-order valence-electron chi connectivity index (χ0n) is 42.5. The highest BCUT2D eigenvalue weighted by molar-refractivity contribution is 7.05. The summed E-state index contributed by atoms with van der Waals surface area (Å²) >= 11 is 2.53. The maximum atomic E-state index is 11.1. The minimum Gasteiger partial charge on any atom is -0.502 e. The number of hydrogen-bond donors (Lipinski definition) is 9. The lowest BCUT2D eigenvalue weighted by atomic mass is 10.1. The van der Waals surface area contributed by atoms with Crippen LogP contribution in [0.1, 0.15) is 180 Å². The van der Waals surface area contributed by atoms with Crippen molar-refractivity contribution in [3.05, 3.63) is 110 Å². The SMILES string of the molecule is CC(C)C(=O)NO.CC(C)c1cc(=O)[nH]o1.CC(C)c1cc(=O)[nH]s1.CC(C)c1cocc(O)c1=O.CC(C)c1nn[nH]n1.CC(C)c1noc(=O)[nH]1.CC(C)c1ns[nH]c1=O.CNC(=O)C(C)C. The van der Waals surface area contributed by atoms with Gasteiger partial charge in [-0.3, -0.25) is 52.2 Å². The van der Waals surface area contributed by atoms with Crippen molar-refractivity contribution in [3.8, 4) is 5.75 Å². The zero-order valence-corrected chi connectivity index (χ0v) is 44.1. The molecule has 6 heterocycles. The Labute approximate surface area is 407 Å². The Bertz CT molecular complexity index is 2410. The van der Waals surface area contributed by atoms with Crippen LogP contribution in [-0.4, -0.2) is 78.2 Å². The van der Waals surface area contributed by atoms with E-state index in [0.717, 1.165) is 28.7 Å². The van der Waals surface area contributed by atoms with E-state index in [1.54, 1.807) is 27.0 Å². The molecule has 0 atom stereocenters. The number of carbonyl (C=O) groups is 2. The number of H-pyrrole nitrogens is 5. The molecule has 0 aliphatic heterocycles. The van der Waals surface area contributed by atoms with E-state index in [-0.39, 0.29) is 75.2 Å². The summed E-state index contributed by atoms with van der Waals surface area (Å²) in [7, 11) is 1.64. The predicted octanol–water partition coefficient (Wildman–Crippen LogP) is 6.42. The quantitative estimate of drug-likeness (QED) is 0.0586. The van der Waals surface area contributed by atoms with E-state index in [0.29, 0.717) is 34.7 Å². The van der Waals surface area contributed by atoms with Crippen LogP contribution < -0.4 is 38.7 Å². The van der Waals surface area contributed by atoms with E-state index < -0.39 is 5.76 Å². The summed E-state index contributed by atoms with van der Waals surface area (Å²) in [6, 6.07) is 3.11. The number of aromatic nitrogens is 10. The first-order valence-corrected chi connectivity index (χ1v) is 23.3. The van der Waals surface area contributed by atoms with E-state index in [2.05, 4.69) is 72.7 Å². The van der Waals surface area contributed by atoms with Gasteiger partial charge in [0, 0.05) is 76.9 Å². The Morgan fingerprint density at radius 3 is 1.55 bits per heavy atom. The molecule has 0 saturated heterocycles. The molecule has 2 amide bonds. The Balaban J connectivity index is 0. The molecule has 0 saturated carbocycles. The first-order chi connectivity index (χ1) is 32.1. The van der Waals surface area contributed by atoms with Crippen LogP contribution in [0.5, 0.6) is 5.75 Å². The lowest BCUT2D eigenvalue weighted by Gasteiger charge is -2.01. The second-order valence-corrected chi connectivity index (χ2v) is 18.3. The molecule has 6 aromatic heterocycles. The Hall–Kier alpha value is -6.54. The Kier molecular flexibility index (Phi) is 32.5. The van der Waals surface area contributed by atoms with Crippen molar-refractivity contribution in [3.63, 3.8) is 0 Å². The molecule has 9 N–H and O–H groups in total. The van der Waals surface area contributed by atoms with Crippen molar-refractivity contribution in [1.82, 2.24) is 59.8 Å². The molecule has 6 rings (SSSR count). The topological polar surface area (TPSA) is 367 Å². The van der Waals surface area contributed by atoms with Crippen LogP contribution in [0.4, 0.5) is 0 Å². The summed E-state index contributed by atoms with van der Waals surface area (Å²) in [4.78, 5) is 77.3. The molecule has 0 aliphatic carbocycles. The van der Waals surface area contributed by atoms with Crippen molar-refractivity contribution in [1.29, 1.82) is 0 Å². The molecule has 0 bridgehead atoms. The summed E-state index contributed by atoms with van der Waals surface area (Å²) in [6.07, 6.45) is 2.40. The van der Waals surface area contributed by atoms with Gasteiger partial charge in [-0.25, -0.2) is 10.3 Å². The Morgan fingerprint density at radius 1 is 0.725 bits per heavy atom. The van der Waals surface area contributed by atoms with Crippen molar-refractivity contribution in [2.75, 3.05) is 7.05 Å². The number of tetrazole rings is 1. The smallest absolute Gasteiger partial charge is 0.438 e. The first-order valence-electron chi connectivity index (χ1n) is 21.8. The predicted molar refractivity (Wildman–Crippen MR) is 263 cm³/mol. The Morgan fingerprint density at radius 2 is 1.33 bits per heavy atom. The molecule has 0 fully saturated rings. The molecular weight excluding hydrogens is 941 g/mol. The second kappa shape index (κ2) is 34.7. The molecule has 0 aliphatic rings. The third-order valence-electron chi connectivity index (χ3n) is 8.06. The van der Waals surface area contributed by atoms with Gasteiger partial charge in [0.2, 0.25) is 17.2 Å². The third-order valence-corrected chi connectivity index (χ3v) is 9.76. The van der Waals surface area contributed by atoms with Crippen LogP contribution in [0.25, 0.3) is 0 Å². The lowest BCUT2D eigenvalue weighted by Crippen LogP contribution is -2.23. The third kappa shape index (κ3) is 28.4. The largest absolute Gasteiger partial charge is 0.502 e. The van der Waals surface area contributed by atoms with Crippen molar-refractivity contribution >= 4 is 35.1 Å². The molecule has 0 unspecified atom stereocenters. The number of hydrogen-bond acceptors (Lipinski definition) is 19. The van der Waals surface area contributed by atoms with Gasteiger partial charge in [-0.05, 0) is 11.8 Å². The fourth-order valence-corrected chi connectivity index (χ4v) is 5.19. The summed E-state index contributed by atoms with van der Waals surface area (Å²) in [5, 5.41) is 38.4. The van der Waals surface area contributed by atoms with Crippen molar-refractivity contribution in [2.24, 2.45) is 11.8 Å². The fourth-order valence-electron chi connectivity index (χ4n) is 3.89. The lowest BCUT2D eigenvalue weighted by molar-refractivity contribution is -0.132. The van der Waals surface area contributed by atoms with Crippen LogP contribution in [0.3, 0.4) is 0 Å². The molecular formula is C43H72N12O12S2. The first kappa shape index (κ1) is 64.5. The van der Waals surface area contributed by atoms with Crippen LogP contribution in [0.15, 0.2) is 62.1 Å². The number of rotatable bonds is 8. The number of aromatic amines is 5. The van der Waals surface area contributed by atoms with Crippen LogP contribution in [0, 0.1) is 11.8 Å². The molecule has 0 radical (unpaired) electrons. The normalized spacial score (nSPS) is 10.2. The summed E-state index contributed by atoms with van der Waals surface area (Å²) in [5.41, 5.74) is 2.13. The van der Waals surface area contributed by atoms with Gasteiger partial charge in [0.05, 0.1) is 6.26 Å². The minimum absolute atomic E-state index is 0.0173. The van der Waals surface area contributed by atoms with Gasteiger partial charge < -0.3 is 19.4 Å². The van der Waals surface area contributed by atoms with E-state index >= 15 is 0 Å². The van der Waals surface area contributed by atoms with Crippen LogP contribution >= 0.6 is 23.3 Å². The highest BCUT2D eigenvalue weighted by Crippen LogP contribution is 2.15. The molecule has 6 aromatic rings. The number of amides is 2. The molecule has 0 aromatic carbocycles. The molecule has 0 spiro atoms. The summed E-state index contributed by atoms with van der Waals surface area (Å²) in [6.45, 7) is 30.7. The van der Waals surface area contributed by atoms with Crippen molar-refractivity contribution < 1.29 is 33.4 Å². The molecule has 69 heavy (non-hydrogen) atoms. The zero-order chi connectivity index (χ0) is 53.6. The molecule has 24 nitrogen and oxygen atoms in total. The van der Waals surface area contributed by atoms with Crippen LogP contribution in [0.2, 0.25) is 0 Å². The van der Waals surface area contributed by atoms with Gasteiger partial charge in [0.25, 0.3) is 16.7 Å². The van der Waals surface area contributed by atoms with E-state index in [1.165, 1.54) is 29.3 Å². The second-order valence-electron chi connectivity index (χ2n) is 16.8. The molecule has 26 heteroatoms.